The van der Waals surface area contributed by atoms with Gasteiger partial charge in [0.15, 0.2) is 17.3 Å². The van der Waals surface area contributed by atoms with E-state index in [1.807, 2.05) is 4.90 Å². The molecule has 13 heteroatoms. The molecular weight excluding hydrogens is 528 g/mol. The van der Waals surface area contributed by atoms with E-state index in [1.165, 1.54) is 37.4 Å². The number of hydrogen-bond donors (Lipinski definition) is 3. The summed E-state index contributed by atoms with van der Waals surface area (Å²) in [6, 6.07) is 8.35. The number of aromatic hydroxyl groups is 1. The van der Waals surface area contributed by atoms with Gasteiger partial charge < -0.3 is 34.7 Å². The summed E-state index contributed by atoms with van der Waals surface area (Å²) >= 11 is 0. The summed E-state index contributed by atoms with van der Waals surface area (Å²) in [5, 5.41) is 17.7. The normalized spacial score (nSPS) is 15.3. The molecule has 1 aliphatic carbocycles. The molecular formula is C27H25F2N5O6. The molecule has 0 amide bonds. The van der Waals surface area contributed by atoms with Crippen molar-refractivity contribution in [3.63, 3.8) is 0 Å². The maximum absolute atomic E-state index is 15.5. The first-order valence-corrected chi connectivity index (χ1v) is 12.2. The number of esters is 1. The lowest BCUT2D eigenvalue weighted by Crippen LogP contribution is -2.31. The number of benzene rings is 2. The van der Waals surface area contributed by atoms with Gasteiger partial charge in [0, 0.05) is 32.0 Å². The molecule has 40 heavy (non-hydrogen) atoms. The van der Waals surface area contributed by atoms with Crippen LogP contribution in [0.15, 0.2) is 47.6 Å². The number of phenols is 1. The summed E-state index contributed by atoms with van der Waals surface area (Å²) < 4.78 is 52.3. The topological polar surface area (TPSA) is 153 Å². The van der Waals surface area contributed by atoms with E-state index in [1.54, 1.807) is 13.1 Å². The Balaban J connectivity index is 1.49. The molecule has 1 fully saturated rings. The van der Waals surface area contributed by atoms with Crippen LogP contribution in [0.2, 0.25) is 0 Å². The molecule has 5 rings (SSSR count). The minimum Gasteiger partial charge on any atom is -0.504 e. The number of halogens is 2. The van der Waals surface area contributed by atoms with Crippen molar-refractivity contribution in [1.82, 2.24) is 9.88 Å². The monoisotopic (exact) mass is 553 g/mol. The van der Waals surface area contributed by atoms with Gasteiger partial charge in [0.05, 0.1) is 25.4 Å². The molecule has 3 aromatic rings. The second-order valence-electron chi connectivity index (χ2n) is 9.23. The van der Waals surface area contributed by atoms with Crippen LogP contribution in [0.4, 0.5) is 8.78 Å². The fraction of sp³-hybridized carbons (Fsp3) is 0.259. The molecule has 0 unspecified atom stereocenters. The average Bonchev–Trinajstić information content (AvgIpc) is 3.59. The summed E-state index contributed by atoms with van der Waals surface area (Å²) in [6.07, 6.45) is 1.70. The van der Waals surface area contributed by atoms with Crippen molar-refractivity contribution in [2.45, 2.75) is 18.4 Å². The third-order valence-electron chi connectivity index (χ3n) is 6.41. The van der Waals surface area contributed by atoms with Crippen molar-refractivity contribution in [3.8, 4) is 34.6 Å². The van der Waals surface area contributed by atoms with Crippen LogP contribution in [-0.2, 0) is 9.53 Å². The minimum atomic E-state index is -1.27. The van der Waals surface area contributed by atoms with E-state index < -0.39 is 34.8 Å². The first-order valence-electron chi connectivity index (χ1n) is 12.2. The molecule has 11 nitrogen and oxygen atoms in total. The second kappa shape index (κ2) is 10.3. The highest BCUT2D eigenvalue weighted by Crippen LogP contribution is 2.43. The quantitative estimate of drug-likeness (QED) is 0.204. The lowest BCUT2D eigenvalue weighted by Gasteiger charge is -2.20. The molecule has 2 aliphatic rings. The summed E-state index contributed by atoms with van der Waals surface area (Å²) in [7, 11) is 3.09. The number of hydrogen-bond acceptors (Lipinski definition) is 10. The molecule has 4 N–H and O–H groups in total. The number of aromatic nitrogens is 1. The summed E-state index contributed by atoms with van der Waals surface area (Å²) in [6.45, 7) is 1.12. The number of rotatable bonds is 9. The molecule has 1 aliphatic heterocycles. The van der Waals surface area contributed by atoms with Crippen molar-refractivity contribution in [2.24, 2.45) is 10.7 Å². The highest BCUT2D eigenvalue weighted by Gasteiger charge is 2.54. The number of methoxy groups -OCH3 is 1. The van der Waals surface area contributed by atoms with E-state index in [2.05, 4.69) is 9.98 Å². The number of phenolic OH excluding ortho intramolecular Hbond substituents is 1. The maximum atomic E-state index is 15.5. The van der Waals surface area contributed by atoms with Gasteiger partial charge in [0.1, 0.15) is 23.2 Å². The van der Waals surface area contributed by atoms with Gasteiger partial charge in [0.2, 0.25) is 17.2 Å². The third-order valence-corrected chi connectivity index (χ3v) is 6.41. The van der Waals surface area contributed by atoms with Crippen LogP contribution in [0, 0.1) is 17.0 Å². The average molecular weight is 554 g/mol. The molecule has 2 heterocycles. The van der Waals surface area contributed by atoms with Crippen LogP contribution in [0.5, 0.6) is 34.6 Å². The highest BCUT2D eigenvalue weighted by molar-refractivity contribution is 6.02. The number of nitrogens with two attached hydrogens (primary N) is 1. The number of nitrogens with zero attached hydrogens (tertiary/aromatic N) is 3. The van der Waals surface area contributed by atoms with Gasteiger partial charge in [-0.3, -0.25) is 10.4 Å². The molecule has 0 saturated heterocycles. The van der Waals surface area contributed by atoms with E-state index >= 15 is 4.39 Å². The van der Waals surface area contributed by atoms with Crippen LogP contribution in [-0.4, -0.2) is 65.5 Å². The summed E-state index contributed by atoms with van der Waals surface area (Å²) in [4.78, 5) is 22.1. The molecule has 2 aromatic carbocycles. The number of pyridine rings is 1. The van der Waals surface area contributed by atoms with Crippen molar-refractivity contribution in [3.05, 3.63) is 65.4 Å². The van der Waals surface area contributed by atoms with E-state index in [0.717, 1.165) is 0 Å². The zero-order valence-corrected chi connectivity index (χ0v) is 21.5. The molecule has 208 valence electrons. The number of nitrogens with one attached hydrogen (secondary N) is 1. The number of likely N-dealkylation sites (N-methyl/N-ethyl adjacent to an activating group) is 1. The van der Waals surface area contributed by atoms with Gasteiger partial charge in [0.25, 0.3) is 5.88 Å². The number of ether oxygens (including phenoxy) is 4. The number of nitrogen functional groups attached to an aromatic ring is 1. The Morgan fingerprint density at radius 1 is 1.15 bits per heavy atom. The Kier molecular flexibility index (Phi) is 6.88. The zero-order chi connectivity index (χ0) is 28.6. The van der Waals surface area contributed by atoms with Gasteiger partial charge >= 0.3 is 5.97 Å². The van der Waals surface area contributed by atoms with E-state index in [9.17, 15) is 14.3 Å². The summed E-state index contributed by atoms with van der Waals surface area (Å²) in [5.74, 6) is -4.41. The molecule has 1 saturated carbocycles. The fourth-order valence-corrected chi connectivity index (χ4v) is 4.11. The molecule has 0 bridgehead atoms. The molecule has 0 spiro atoms. The number of amidine groups is 2. The summed E-state index contributed by atoms with van der Waals surface area (Å²) in [5.41, 5.74) is 4.99. The number of aliphatic imine (C=N–C) groups is 1. The smallest absolute Gasteiger partial charge is 0.350 e. The van der Waals surface area contributed by atoms with Gasteiger partial charge in [-0.05, 0) is 36.4 Å². The molecule has 0 radical (unpaired) electrons. The van der Waals surface area contributed by atoms with Crippen LogP contribution in [0.25, 0.3) is 0 Å². The Morgan fingerprint density at radius 2 is 1.93 bits per heavy atom. The Bertz CT molecular complexity index is 1540. The molecule has 0 atom stereocenters. The van der Waals surface area contributed by atoms with Crippen molar-refractivity contribution < 1.29 is 37.6 Å². The van der Waals surface area contributed by atoms with Gasteiger partial charge in [-0.2, -0.15) is 4.39 Å². The van der Waals surface area contributed by atoms with E-state index in [0.29, 0.717) is 49.3 Å². The predicted molar refractivity (Wildman–Crippen MR) is 139 cm³/mol. The van der Waals surface area contributed by atoms with Crippen molar-refractivity contribution in [1.29, 1.82) is 5.41 Å². The van der Waals surface area contributed by atoms with Gasteiger partial charge in [-0.1, -0.05) is 0 Å². The fourth-order valence-electron chi connectivity index (χ4n) is 4.11. The highest BCUT2D eigenvalue weighted by atomic mass is 19.1. The lowest BCUT2D eigenvalue weighted by molar-refractivity contribution is -0.151. The maximum Gasteiger partial charge on any atom is 0.350 e. The van der Waals surface area contributed by atoms with Crippen LogP contribution in [0.1, 0.15) is 24.0 Å². The van der Waals surface area contributed by atoms with Crippen molar-refractivity contribution >= 4 is 17.6 Å². The second-order valence-corrected chi connectivity index (χ2v) is 9.23. The Labute approximate surface area is 227 Å². The van der Waals surface area contributed by atoms with Crippen LogP contribution in [0.3, 0.4) is 0 Å². The van der Waals surface area contributed by atoms with Crippen molar-refractivity contribution in [2.75, 3.05) is 27.2 Å². The Morgan fingerprint density at radius 3 is 2.58 bits per heavy atom. The van der Waals surface area contributed by atoms with E-state index in [-0.39, 0.29) is 28.6 Å². The predicted octanol–water partition coefficient (Wildman–Crippen LogP) is 3.71. The standard InChI is InChI=1S/C27H25F2N5O6/c1-34-10-9-32-24(34)16-12-15(40-27(7-8-27)26(36)37-2)4-6-19(16)38-22-17(28)13-33-25(21(22)29)39-20-11-14(23(30)31)3-5-18(20)35/h3-6,11-13,35H,7-10H2,1-2H3,(H3,30,31). The van der Waals surface area contributed by atoms with Crippen LogP contribution >= 0.6 is 0 Å². The van der Waals surface area contributed by atoms with E-state index in [4.69, 9.17) is 30.1 Å². The van der Waals surface area contributed by atoms with Gasteiger partial charge in [-0.15, -0.1) is 0 Å². The van der Waals surface area contributed by atoms with Gasteiger partial charge in [-0.25, -0.2) is 14.2 Å². The Hall–Kier alpha value is -4.94. The SMILES string of the molecule is COC(=O)C1(Oc2ccc(Oc3c(F)cnc(Oc4cc(C(=N)N)ccc4O)c3F)c(C3=NCCN3C)c2)CC1. The lowest BCUT2D eigenvalue weighted by atomic mass is 10.1. The molecule has 1 aromatic heterocycles. The third kappa shape index (κ3) is 5.05. The number of carbonyl (C=O) groups excluding carboxylic acids is 1. The zero-order valence-electron chi connectivity index (χ0n) is 21.5. The van der Waals surface area contributed by atoms with Crippen LogP contribution < -0.4 is 19.9 Å². The first-order chi connectivity index (χ1) is 19.1. The first kappa shape index (κ1) is 26.7. The largest absolute Gasteiger partial charge is 0.504 e. The minimum absolute atomic E-state index is 0.0548. The number of carbonyl (C=O) groups is 1.